The van der Waals surface area contributed by atoms with Gasteiger partial charge in [-0.05, 0) is 60.9 Å². The molecule has 1 fully saturated rings. The lowest BCUT2D eigenvalue weighted by atomic mass is 10.1. The number of allylic oxidation sites excluding steroid dienone is 1. The molecular formula is C25H24FN5O. The molecular weight excluding hydrogens is 405 g/mol. The number of nitrogens with one attached hydrogen (secondary N) is 1. The molecule has 0 bridgehead atoms. The molecule has 0 spiro atoms. The van der Waals surface area contributed by atoms with Crippen LogP contribution in [0.1, 0.15) is 24.1 Å². The molecule has 2 aliphatic rings. The molecule has 2 aromatic carbocycles. The fourth-order valence-corrected chi connectivity index (χ4v) is 4.80. The van der Waals surface area contributed by atoms with Crippen molar-refractivity contribution in [1.82, 2.24) is 9.88 Å². The molecule has 0 saturated carbocycles. The van der Waals surface area contributed by atoms with Crippen molar-refractivity contribution in [3.63, 3.8) is 0 Å². The molecule has 6 nitrogen and oxygen atoms in total. The third-order valence-corrected chi connectivity index (χ3v) is 6.55. The minimum Gasteiger partial charge on any atom is -0.398 e. The van der Waals surface area contributed by atoms with E-state index < -0.39 is 5.82 Å². The second-order valence-corrected chi connectivity index (χ2v) is 8.45. The predicted molar refractivity (Wildman–Crippen MR) is 125 cm³/mol. The number of piperazine rings is 1. The summed E-state index contributed by atoms with van der Waals surface area (Å²) in [5.74, 6) is -0.506. The smallest absolute Gasteiger partial charge is 0.256 e. The Hall–Kier alpha value is -3.63. The maximum atomic E-state index is 13.6. The first-order valence-electron chi connectivity index (χ1n) is 10.8. The van der Waals surface area contributed by atoms with Crippen molar-refractivity contribution in [2.24, 2.45) is 0 Å². The number of nitrogens with two attached hydrogens (primary N) is 1. The molecule has 3 N–H and O–H groups in total. The van der Waals surface area contributed by atoms with Gasteiger partial charge in [-0.1, -0.05) is 6.08 Å². The Morgan fingerprint density at radius 3 is 2.53 bits per heavy atom. The van der Waals surface area contributed by atoms with E-state index in [2.05, 4.69) is 26.9 Å². The summed E-state index contributed by atoms with van der Waals surface area (Å²) in [6, 6.07) is 14.6. The van der Waals surface area contributed by atoms with Crippen LogP contribution in [0.25, 0.3) is 16.3 Å². The Balaban J connectivity index is 1.31. The minimum atomic E-state index is -0.506. The molecule has 5 rings (SSSR count). The molecule has 1 atom stereocenters. The number of H-pyrrole nitrogens is 1. The Labute approximate surface area is 185 Å². The highest BCUT2D eigenvalue weighted by molar-refractivity contribution is 5.94. The molecule has 2 heterocycles. The lowest BCUT2D eigenvalue weighted by Gasteiger charge is -2.38. The molecule has 32 heavy (non-hydrogen) atoms. The van der Waals surface area contributed by atoms with Crippen LogP contribution in [0.5, 0.6) is 0 Å². The summed E-state index contributed by atoms with van der Waals surface area (Å²) < 4.78 is 13.6. The largest absolute Gasteiger partial charge is 0.398 e. The topological polar surface area (TPSA) is 89.2 Å². The first-order chi connectivity index (χ1) is 15.5. The number of pyridine rings is 1. The van der Waals surface area contributed by atoms with E-state index >= 15 is 0 Å². The highest BCUT2D eigenvalue weighted by Gasteiger charge is 2.27. The molecule has 1 saturated heterocycles. The number of rotatable bonds is 3. The zero-order chi connectivity index (χ0) is 22.2. The van der Waals surface area contributed by atoms with E-state index in [9.17, 15) is 9.18 Å². The van der Waals surface area contributed by atoms with Gasteiger partial charge in [0.25, 0.3) is 5.56 Å². The van der Waals surface area contributed by atoms with Gasteiger partial charge >= 0.3 is 0 Å². The number of aromatic amines is 1. The van der Waals surface area contributed by atoms with Crippen molar-refractivity contribution in [3.05, 3.63) is 76.0 Å². The molecule has 3 aromatic rings. The van der Waals surface area contributed by atoms with Crippen LogP contribution in [-0.4, -0.2) is 42.1 Å². The summed E-state index contributed by atoms with van der Waals surface area (Å²) in [5.41, 5.74) is 9.63. The van der Waals surface area contributed by atoms with Crippen molar-refractivity contribution in [1.29, 1.82) is 5.26 Å². The summed E-state index contributed by atoms with van der Waals surface area (Å²) in [7, 11) is 0. The first-order valence-corrected chi connectivity index (χ1v) is 10.8. The number of anilines is 2. The van der Waals surface area contributed by atoms with Gasteiger partial charge in [-0.3, -0.25) is 9.69 Å². The molecule has 7 heteroatoms. The van der Waals surface area contributed by atoms with Crippen LogP contribution in [0.15, 0.2) is 53.3 Å². The van der Waals surface area contributed by atoms with Crippen LogP contribution in [0.4, 0.5) is 15.8 Å². The second-order valence-electron chi connectivity index (χ2n) is 8.45. The van der Waals surface area contributed by atoms with E-state index in [1.807, 2.05) is 30.3 Å². The molecule has 162 valence electrons. The fourth-order valence-electron chi connectivity index (χ4n) is 4.80. The van der Waals surface area contributed by atoms with Gasteiger partial charge in [0.2, 0.25) is 0 Å². The summed E-state index contributed by atoms with van der Waals surface area (Å²) in [4.78, 5) is 20.3. The molecule has 0 radical (unpaired) electrons. The number of nitrogens with zero attached hydrogens (tertiary/aromatic N) is 3. The van der Waals surface area contributed by atoms with E-state index in [0.717, 1.165) is 56.0 Å². The third kappa shape index (κ3) is 3.74. The van der Waals surface area contributed by atoms with Crippen LogP contribution < -0.4 is 16.2 Å². The average molecular weight is 429 g/mol. The fraction of sp³-hybridized carbons (Fsp3) is 0.280. The van der Waals surface area contributed by atoms with Gasteiger partial charge in [0.15, 0.2) is 0 Å². The lowest BCUT2D eigenvalue weighted by molar-refractivity contribution is 0.214. The Bertz CT molecular complexity index is 1300. The van der Waals surface area contributed by atoms with Crippen molar-refractivity contribution in [2.75, 3.05) is 36.8 Å². The molecule has 1 aliphatic heterocycles. The number of halogens is 1. The highest BCUT2D eigenvalue weighted by Crippen LogP contribution is 2.32. The van der Waals surface area contributed by atoms with Gasteiger partial charge in [0, 0.05) is 54.7 Å². The van der Waals surface area contributed by atoms with Gasteiger partial charge in [-0.2, -0.15) is 5.26 Å². The normalized spacial score (nSPS) is 19.2. The van der Waals surface area contributed by atoms with Crippen LogP contribution in [0, 0.1) is 17.1 Å². The van der Waals surface area contributed by atoms with E-state index in [1.54, 1.807) is 0 Å². The number of benzene rings is 2. The molecule has 1 aromatic heterocycles. The highest BCUT2D eigenvalue weighted by atomic mass is 19.1. The van der Waals surface area contributed by atoms with Gasteiger partial charge in [-0.25, -0.2) is 4.39 Å². The van der Waals surface area contributed by atoms with Crippen molar-refractivity contribution >= 4 is 27.7 Å². The van der Waals surface area contributed by atoms with Gasteiger partial charge < -0.3 is 15.6 Å². The third-order valence-electron chi connectivity index (χ3n) is 6.55. The van der Waals surface area contributed by atoms with Crippen LogP contribution >= 0.6 is 0 Å². The average Bonchev–Trinajstić information content (AvgIpc) is 3.30. The van der Waals surface area contributed by atoms with Crippen LogP contribution in [0.3, 0.4) is 0 Å². The summed E-state index contributed by atoms with van der Waals surface area (Å²) in [6.45, 7) is 3.77. The van der Waals surface area contributed by atoms with Gasteiger partial charge in [0.1, 0.15) is 5.82 Å². The summed E-state index contributed by atoms with van der Waals surface area (Å²) in [5, 5.41) is 9.84. The maximum absolute atomic E-state index is 13.6. The number of nitrogen functional groups attached to an aromatic ring is 1. The van der Waals surface area contributed by atoms with E-state index in [1.165, 1.54) is 12.1 Å². The van der Waals surface area contributed by atoms with Crippen molar-refractivity contribution < 1.29 is 4.39 Å². The summed E-state index contributed by atoms with van der Waals surface area (Å²) in [6.07, 6.45) is 4.13. The number of hydrogen-bond donors (Lipinski definition) is 2. The van der Waals surface area contributed by atoms with Crippen LogP contribution in [0.2, 0.25) is 0 Å². The van der Waals surface area contributed by atoms with Gasteiger partial charge in [0.05, 0.1) is 17.0 Å². The zero-order valence-corrected chi connectivity index (χ0v) is 17.6. The monoisotopic (exact) mass is 429 g/mol. The molecule has 0 unspecified atom stereocenters. The van der Waals surface area contributed by atoms with Gasteiger partial charge in [-0.15, -0.1) is 0 Å². The molecule has 1 aliphatic carbocycles. The second kappa shape index (κ2) is 8.13. The van der Waals surface area contributed by atoms with E-state index in [-0.39, 0.29) is 16.6 Å². The maximum Gasteiger partial charge on any atom is 0.256 e. The molecule has 0 amide bonds. The quantitative estimate of drug-likeness (QED) is 0.622. The first kappa shape index (κ1) is 20.3. The zero-order valence-electron chi connectivity index (χ0n) is 17.6. The Morgan fingerprint density at radius 1 is 1.06 bits per heavy atom. The van der Waals surface area contributed by atoms with Crippen molar-refractivity contribution in [3.8, 4) is 6.07 Å². The minimum absolute atomic E-state index is 0.278. The van der Waals surface area contributed by atoms with Crippen LogP contribution in [-0.2, 0) is 0 Å². The lowest BCUT2D eigenvalue weighted by Crippen LogP contribution is -2.49. The number of nitriles is 1. The SMILES string of the molecule is N#Cc1ccc(N2CCN([C@H]3C=C(c4cc5c(N)cc(F)cc5c(=O)[nH]4)CC3)CC2)cc1. The Morgan fingerprint density at radius 2 is 1.81 bits per heavy atom. The Kier molecular flexibility index (Phi) is 5.16. The standard InChI is InChI=1S/C25H24FN5O/c26-18-12-22-21(23(28)13-18)14-24(29-25(22)32)17-3-6-20(11-17)31-9-7-30(8-10-31)19-4-1-16(15-27)2-5-19/h1-2,4-5,11-14,20H,3,6-10,28H2,(H,29,32)/t20-/m1/s1. The van der Waals surface area contributed by atoms with E-state index in [4.69, 9.17) is 11.0 Å². The number of fused-ring (bicyclic) bond motifs is 1. The predicted octanol–water partition coefficient (Wildman–Crippen LogP) is 3.49. The number of aromatic nitrogens is 1. The van der Waals surface area contributed by atoms with Crippen molar-refractivity contribution in [2.45, 2.75) is 18.9 Å². The summed E-state index contributed by atoms with van der Waals surface area (Å²) >= 11 is 0. The van der Waals surface area contributed by atoms with E-state index in [0.29, 0.717) is 17.0 Å². The number of hydrogen-bond acceptors (Lipinski definition) is 5.